The highest BCUT2D eigenvalue weighted by atomic mass is 31.2. The zero-order valence-electron chi connectivity index (χ0n) is 9.99. The Bertz CT molecular complexity index is 230. The van der Waals surface area contributed by atoms with Gasteiger partial charge in [0.25, 0.3) is 0 Å². The standard InChI is InChI=1S/C10H21O4P/c1-5-7-8-14-9-10(6-2)15(11,12-3)13-4/h9H,5-8H2,1-4H3/b10-9+. The Morgan fingerprint density at radius 1 is 1.27 bits per heavy atom. The molecule has 0 fully saturated rings. The lowest BCUT2D eigenvalue weighted by Crippen LogP contribution is -1.95. The molecule has 0 unspecified atom stereocenters. The van der Waals surface area contributed by atoms with Gasteiger partial charge in [-0.05, 0) is 12.8 Å². The first-order valence-electron chi connectivity index (χ1n) is 5.17. The maximum atomic E-state index is 12.0. The molecule has 0 aromatic rings. The molecule has 0 spiro atoms. The van der Waals surface area contributed by atoms with Crippen LogP contribution in [0, 0.1) is 0 Å². The summed E-state index contributed by atoms with van der Waals surface area (Å²) in [5.74, 6) is 0. The van der Waals surface area contributed by atoms with Gasteiger partial charge in [0.1, 0.15) is 0 Å². The van der Waals surface area contributed by atoms with Crippen LogP contribution in [0.25, 0.3) is 0 Å². The topological polar surface area (TPSA) is 44.8 Å². The Morgan fingerprint density at radius 2 is 1.87 bits per heavy atom. The molecule has 0 saturated carbocycles. The summed E-state index contributed by atoms with van der Waals surface area (Å²) in [5, 5.41) is 0.573. The second kappa shape index (κ2) is 7.91. The number of rotatable bonds is 8. The highest BCUT2D eigenvalue weighted by molar-refractivity contribution is 7.58. The van der Waals surface area contributed by atoms with E-state index < -0.39 is 7.60 Å². The van der Waals surface area contributed by atoms with E-state index in [9.17, 15) is 4.57 Å². The molecule has 0 aromatic heterocycles. The van der Waals surface area contributed by atoms with E-state index in [1.807, 2.05) is 6.92 Å². The molecule has 0 saturated heterocycles. The second-order valence-electron chi connectivity index (χ2n) is 3.05. The smallest absolute Gasteiger partial charge is 0.359 e. The Hall–Kier alpha value is -0.310. The first-order valence-corrected chi connectivity index (χ1v) is 6.71. The quantitative estimate of drug-likeness (QED) is 0.367. The minimum Gasteiger partial charge on any atom is -0.501 e. The highest BCUT2D eigenvalue weighted by Crippen LogP contribution is 2.55. The van der Waals surface area contributed by atoms with E-state index in [2.05, 4.69) is 6.92 Å². The lowest BCUT2D eigenvalue weighted by atomic mass is 10.4. The van der Waals surface area contributed by atoms with Crippen LogP contribution in [0.15, 0.2) is 11.6 Å². The van der Waals surface area contributed by atoms with Crippen LogP contribution < -0.4 is 0 Å². The largest absolute Gasteiger partial charge is 0.501 e. The first kappa shape index (κ1) is 14.7. The molecule has 0 heterocycles. The van der Waals surface area contributed by atoms with Crippen molar-refractivity contribution >= 4 is 7.60 Å². The van der Waals surface area contributed by atoms with E-state index in [4.69, 9.17) is 13.8 Å². The van der Waals surface area contributed by atoms with Gasteiger partial charge in [-0.3, -0.25) is 4.57 Å². The molecule has 0 rings (SSSR count). The summed E-state index contributed by atoms with van der Waals surface area (Å²) in [6.45, 7) is 4.61. The molecule has 4 nitrogen and oxygen atoms in total. The van der Waals surface area contributed by atoms with Crippen molar-refractivity contribution in [3.63, 3.8) is 0 Å². The minimum absolute atomic E-state index is 0.573. The van der Waals surface area contributed by atoms with Gasteiger partial charge < -0.3 is 13.8 Å². The van der Waals surface area contributed by atoms with Crippen LogP contribution >= 0.6 is 7.60 Å². The fraction of sp³-hybridized carbons (Fsp3) is 0.800. The Balaban J connectivity index is 4.39. The zero-order chi connectivity index (χ0) is 11.7. The van der Waals surface area contributed by atoms with Crippen LogP contribution in [0.5, 0.6) is 0 Å². The lowest BCUT2D eigenvalue weighted by molar-refractivity contribution is 0.237. The third-order valence-corrected chi connectivity index (χ3v) is 4.12. The van der Waals surface area contributed by atoms with Gasteiger partial charge in [-0.2, -0.15) is 0 Å². The van der Waals surface area contributed by atoms with Gasteiger partial charge in [-0.1, -0.05) is 20.3 Å². The average molecular weight is 236 g/mol. The Labute approximate surface area is 92.1 Å². The van der Waals surface area contributed by atoms with E-state index in [0.717, 1.165) is 12.8 Å². The van der Waals surface area contributed by atoms with Gasteiger partial charge in [0.15, 0.2) is 0 Å². The van der Waals surface area contributed by atoms with Crippen molar-refractivity contribution < 1.29 is 18.3 Å². The molecule has 0 aliphatic carbocycles. The Morgan fingerprint density at radius 3 is 2.27 bits per heavy atom. The molecular weight excluding hydrogens is 215 g/mol. The molecule has 0 aliphatic heterocycles. The molecule has 0 aliphatic rings. The van der Waals surface area contributed by atoms with Crippen LogP contribution in [-0.2, 0) is 18.3 Å². The van der Waals surface area contributed by atoms with Gasteiger partial charge in [0.05, 0.1) is 18.2 Å². The SMILES string of the molecule is CCCCO/C=C(\CC)P(=O)(OC)OC. The fourth-order valence-electron chi connectivity index (χ4n) is 1.03. The normalized spacial score (nSPS) is 12.9. The number of unbranched alkanes of at least 4 members (excludes halogenated alkanes) is 1. The van der Waals surface area contributed by atoms with Gasteiger partial charge >= 0.3 is 7.60 Å². The van der Waals surface area contributed by atoms with Crippen molar-refractivity contribution in [2.24, 2.45) is 0 Å². The number of hydrogen-bond acceptors (Lipinski definition) is 4. The van der Waals surface area contributed by atoms with Crippen LogP contribution in [0.2, 0.25) is 0 Å². The molecule has 0 amide bonds. The molecule has 0 bridgehead atoms. The van der Waals surface area contributed by atoms with E-state index >= 15 is 0 Å². The van der Waals surface area contributed by atoms with Crippen molar-refractivity contribution in [1.29, 1.82) is 0 Å². The molecule has 5 heteroatoms. The summed E-state index contributed by atoms with van der Waals surface area (Å²) in [7, 11) is -0.354. The van der Waals surface area contributed by atoms with E-state index in [-0.39, 0.29) is 0 Å². The van der Waals surface area contributed by atoms with Gasteiger partial charge in [0, 0.05) is 14.2 Å². The summed E-state index contributed by atoms with van der Waals surface area (Å²) in [6, 6.07) is 0. The molecule has 0 atom stereocenters. The van der Waals surface area contributed by atoms with Crippen molar-refractivity contribution in [3.8, 4) is 0 Å². The third kappa shape index (κ3) is 4.83. The van der Waals surface area contributed by atoms with Crippen molar-refractivity contribution in [1.82, 2.24) is 0 Å². The number of ether oxygens (including phenoxy) is 1. The highest BCUT2D eigenvalue weighted by Gasteiger charge is 2.26. The number of allylic oxidation sites excluding steroid dienone is 1. The minimum atomic E-state index is -3.10. The van der Waals surface area contributed by atoms with Crippen LogP contribution in [0.4, 0.5) is 0 Å². The van der Waals surface area contributed by atoms with Crippen molar-refractivity contribution in [2.45, 2.75) is 33.1 Å². The average Bonchev–Trinajstić information content (AvgIpc) is 2.28. The predicted octanol–water partition coefficient (Wildman–Crippen LogP) is 3.54. The summed E-state index contributed by atoms with van der Waals surface area (Å²) in [4.78, 5) is 0. The second-order valence-corrected chi connectivity index (χ2v) is 5.35. The molecule has 0 radical (unpaired) electrons. The van der Waals surface area contributed by atoms with Crippen LogP contribution in [-0.4, -0.2) is 20.8 Å². The predicted molar refractivity (Wildman–Crippen MR) is 60.9 cm³/mol. The first-order chi connectivity index (χ1) is 7.14. The molecule has 90 valence electrons. The van der Waals surface area contributed by atoms with Gasteiger partial charge in [-0.25, -0.2) is 0 Å². The fourth-order valence-corrected chi connectivity index (χ4v) is 2.24. The summed E-state index contributed by atoms with van der Waals surface area (Å²) in [6.07, 6.45) is 4.15. The van der Waals surface area contributed by atoms with E-state index in [0.29, 0.717) is 18.3 Å². The molecule has 0 N–H and O–H groups in total. The van der Waals surface area contributed by atoms with Crippen LogP contribution in [0.3, 0.4) is 0 Å². The monoisotopic (exact) mass is 236 g/mol. The number of hydrogen-bond donors (Lipinski definition) is 0. The maximum Gasteiger partial charge on any atom is 0.359 e. The third-order valence-electron chi connectivity index (χ3n) is 2.03. The van der Waals surface area contributed by atoms with E-state index in [1.54, 1.807) is 0 Å². The molecule has 15 heavy (non-hydrogen) atoms. The molecular formula is C10H21O4P. The van der Waals surface area contributed by atoms with Gasteiger partial charge in [-0.15, -0.1) is 0 Å². The Kier molecular flexibility index (Phi) is 7.75. The van der Waals surface area contributed by atoms with Crippen LogP contribution in [0.1, 0.15) is 33.1 Å². The summed E-state index contributed by atoms with van der Waals surface area (Å²) >= 11 is 0. The summed E-state index contributed by atoms with van der Waals surface area (Å²) in [5.41, 5.74) is 0. The molecule has 0 aromatic carbocycles. The van der Waals surface area contributed by atoms with Gasteiger partial charge in [0.2, 0.25) is 0 Å². The zero-order valence-corrected chi connectivity index (χ0v) is 10.9. The maximum absolute atomic E-state index is 12.0. The lowest BCUT2D eigenvalue weighted by Gasteiger charge is -2.15. The van der Waals surface area contributed by atoms with Crippen molar-refractivity contribution in [2.75, 3.05) is 20.8 Å². The van der Waals surface area contributed by atoms with E-state index in [1.165, 1.54) is 20.5 Å². The van der Waals surface area contributed by atoms with Crippen molar-refractivity contribution in [3.05, 3.63) is 11.6 Å². The summed E-state index contributed by atoms with van der Waals surface area (Å²) < 4.78 is 27.0.